The Bertz CT molecular complexity index is 654. The van der Waals surface area contributed by atoms with Crippen molar-refractivity contribution >= 4 is 11.6 Å². The molecule has 0 unspecified atom stereocenters. The van der Waals surface area contributed by atoms with Crippen LogP contribution in [0.1, 0.15) is 25.7 Å². The van der Waals surface area contributed by atoms with Gasteiger partial charge in [-0.2, -0.15) is 0 Å². The minimum absolute atomic E-state index is 0.00807. The van der Waals surface area contributed by atoms with Crippen molar-refractivity contribution in [2.24, 2.45) is 17.8 Å². The second-order valence-electron chi connectivity index (χ2n) is 8.80. The van der Waals surface area contributed by atoms with E-state index in [4.69, 9.17) is 4.74 Å². The van der Waals surface area contributed by atoms with Gasteiger partial charge in [0.25, 0.3) is 0 Å². The number of anilines is 1. The summed E-state index contributed by atoms with van der Waals surface area (Å²) in [6.45, 7) is 6.16. The van der Waals surface area contributed by atoms with Crippen LogP contribution in [-0.2, 0) is 9.53 Å². The fraction of sp³-hybridized carbons (Fsp3) is 0.682. The molecule has 3 saturated heterocycles. The van der Waals surface area contributed by atoms with Crippen LogP contribution in [-0.4, -0.2) is 68.2 Å². The third kappa shape index (κ3) is 4.73. The molecule has 3 atom stereocenters. The summed E-state index contributed by atoms with van der Waals surface area (Å²) >= 11 is 0. The number of hydrogen-bond acceptors (Lipinski definition) is 4. The minimum atomic E-state index is -0.287. The van der Waals surface area contributed by atoms with Crippen molar-refractivity contribution in [2.45, 2.75) is 31.7 Å². The van der Waals surface area contributed by atoms with Gasteiger partial charge in [0.1, 0.15) is 5.82 Å². The van der Waals surface area contributed by atoms with Crippen molar-refractivity contribution in [3.63, 3.8) is 0 Å². The van der Waals surface area contributed by atoms with E-state index in [0.717, 1.165) is 39.3 Å². The van der Waals surface area contributed by atoms with Gasteiger partial charge in [-0.05, 0) is 81.9 Å². The third-order valence-electron chi connectivity index (χ3n) is 6.80. The van der Waals surface area contributed by atoms with Gasteiger partial charge in [-0.15, -0.1) is 0 Å². The van der Waals surface area contributed by atoms with Crippen LogP contribution in [0.5, 0.6) is 0 Å². The molecule has 0 radical (unpaired) electrons. The number of benzene rings is 1. The summed E-state index contributed by atoms with van der Waals surface area (Å²) in [6, 6.07) is 6.49. The Hall–Kier alpha value is -1.50. The first-order chi connectivity index (χ1) is 13.6. The number of halogens is 1. The largest absolute Gasteiger partial charge is 0.381 e. The van der Waals surface area contributed by atoms with Crippen LogP contribution in [0.15, 0.2) is 24.3 Å². The van der Waals surface area contributed by atoms with E-state index in [9.17, 15) is 9.18 Å². The Labute approximate surface area is 167 Å². The highest BCUT2D eigenvalue weighted by atomic mass is 19.1. The normalized spacial score (nSPS) is 30.0. The zero-order valence-electron chi connectivity index (χ0n) is 16.8. The number of rotatable bonds is 5. The van der Waals surface area contributed by atoms with Crippen molar-refractivity contribution < 1.29 is 13.9 Å². The third-order valence-corrected chi connectivity index (χ3v) is 6.80. The highest BCUT2D eigenvalue weighted by Crippen LogP contribution is 2.33. The van der Waals surface area contributed by atoms with Gasteiger partial charge in [0.05, 0.1) is 12.5 Å². The molecule has 6 heteroatoms. The molecular formula is C22H32FN3O2. The van der Waals surface area contributed by atoms with Gasteiger partial charge >= 0.3 is 0 Å². The first-order valence-electron chi connectivity index (χ1n) is 10.7. The van der Waals surface area contributed by atoms with Crippen LogP contribution in [0.25, 0.3) is 0 Å². The molecule has 1 N–H and O–H groups in total. The number of piperidine rings is 1. The number of nitrogens with one attached hydrogen (secondary N) is 1. The highest BCUT2D eigenvalue weighted by molar-refractivity contribution is 5.92. The molecule has 154 valence electrons. The molecule has 1 amide bonds. The summed E-state index contributed by atoms with van der Waals surface area (Å²) in [4.78, 5) is 17.6. The molecule has 5 nitrogen and oxygen atoms in total. The van der Waals surface area contributed by atoms with E-state index in [1.165, 1.54) is 37.9 Å². The van der Waals surface area contributed by atoms with Crippen LogP contribution in [0.4, 0.5) is 10.1 Å². The van der Waals surface area contributed by atoms with Gasteiger partial charge in [-0.3, -0.25) is 4.79 Å². The van der Waals surface area contributed by atoms with E-state index < -0.39 is 0 Å². The number of amides is 1. The fourth-order valence-electron chi connectivity index (χ4n) is 5.16. The molecule has 1 aromatic carbocycles. The molecule has 0 bridgehead atoms. The number of carbonyl (C=O) groups excluding carboxylic acids is 1. The molecule has 0 aromatic heterocycles. The lowest BCUT2D eigenvalue weighted by molar-refractivity contribution is -0.119. The SMILES string of the molecule is CN1C[C@H](C(=O)Nc2ccc(F)cc2)C[C@@H]1C1CCN(C[C@H]2CCOC2)CC1. The van der Waals surface area contributed by atoms with E-state index >= 15 is 0 Å². The monoisotopic (exact) mass is 389 g/mol. The fourth-order valence-corrected chi connectivity index (χ4v) is 5.16. The average Bonchev–Trinajstić information content (AvgIpc) is 3.34. The summed E-state index contributed by atoms with van der Waals surface area (Å²) < 4.78 is 18.6. The topological polar surface area (TPSA) is 44.8 Å². The predicted octanol–water partition coefficient (Wildman–Crippen LogP) is 2.83. The van der Waals surface area contributed by atoms with E-state index in [-0.39, 0.29) is 17.6 Å². The number of hydrogen-bond donors (Lipinski definition) is 1. The summed E-state index contributed by atoms with van der Waals surface area (Å²) in [6.07, 6.45) is 4.56. The second-order valence-corrected chi connectivity index (χ2v) is 8.80. The number of ether oxygens (including phenoxy) is 1. The van der Waals surface area contributed by atoms with Crippen LogP contribution >= 0.6 is 0 Å². The first-order valence-corrected chi connectivity index (χ1v) is 10.7. The van der Waals surface area contributed by atoms with E-state index in [2.05, 4.69) is 22.2 Å². The Balaban J connectivity index is 1.25. The molecule has 4 rings (SSSR count). The average molecular weight is 390 g/mol. The first kappa shape index (κ1) is 19.8. The number of carbonyl (C=O) groups is 1. The maximum atomic E-state index is 13.0. The van der Waals surface area contributed by atoms with Crippen LogP contribution in [0.2, 0.25) is 0 Å². The van der Waals surface area contributed by atoms with Crippen molar-refractivity contribution in [1.29, 1.82) is 0 Å². The van der Waals surface area contributed by atoms with Gasteiger partial charge < -0.3 is 19.9 Å². The lowest BCUT2D eigenvalue weighted by Gasteiger charge is -2.37. The summed E-state index contributed by atoms with van der Waals surface area (Å²) in [5.74, 6) is 1.16. The molecule has 0 aliphatic carbocycles. The molecule has 28 heavy (non-hydrogen) atoms. The Morgan fingerprint density at radius 2 is 1.96 bits per heavy atom. The molecule has 3 aliphatic heterocycles. The van der Waals surface area contributed by atoms with E-state index in [0.29, 0.717) is 23.6 Å². The molecular weight excluding hydrogens is 357 g/mol. The van der Waals surface area contributed by atoms with Crippen molar-refractivity contribution in [1.82, 2.24) is 9.80 Å². The Morgan fingerprint density at radius 3 is 2.64 bits per heavy atom. The van der Waals surface area contributed by atoms with Gasteiger partial charge in [-0.25, -0.2) is 4.39 Å². The highest BCUT2D eigenvalue weighted by Gasteiger charge is 2.39. The lowest BCUT2D eigenvalue weighted by atomic mass is 9.86. The number of nitrogens with zero attached hydrogens (tertiary/aromatic N) is 2. The van der Waals surface area contributed by atoms with Gasteiger partial charge in [0.2, 0.25) is 5.91 Å². The Kier molecular flexibility index (Phi) is 6.28. The second kappa shape index (κ2) is 8.89. The van der Waals surface area contributed by atoms with Gasteiger partial charge in [0, 0.05) is 31.4 Å². The van der Waals surface area contributed by atoms with Gasteiger partial charge in [0.15, 0.2) is 0 Å². The minimum Gasteiger partial charge on any atom is -0.381 e. The van der Waals surface area contributed by atoms with Crippen molar-refractivity contribution in [2.75, 3.05) is 51.8 Å². The van der Waals surface area contributed by atoms with Crippen LogP contribution in [0.3, 0.4) is 0 Å². The van der Waals surface area contributed by atoms with Gasteiger partial charge in [-0.1, -0.05) is 0 Å². The maximum Gasteiger partial charge on any atom is 0.228 e. The molecule has 3 aliphatic rings. The Morgan fingerprint density at radius 1 is 1.21 bits per heavy atom. The maximum absolute atomic E-state index is 13.0. The van der Waals surface area contributed by atoms with Crippen LogP contribution < -0.4 is 5.32 Å². The van der Waals surface area contributed by atoms with E-state index in [1.54, 1.807) is 12.1 Å². The van der Waals surface area contributed by atoms with Crippen molar-refractivity contribution in [3.8, 4) is 0 Å². The molecule has 3 fully saturated rings. The molecule has 0 spiro atoms. The lowest BCUT2D eigenvalue weighted by Crippen LogP contribution is -2.43. The van der Waals surface area contributed by atoms with E-state index in [1.807, 2.05) is 0 Å². The summed E-state index contributed by atoms with van der Waals surface area (Å²) in [5.41, 5.74) is 0.668. The smallest absolute Gasteiger partial charge is 0.228 e. The standard InChI is InChI=1S/C22H32FN3O2/c1-25-14-18(22(27)24-20-4-2-19(23)3-5-20)12-21(25)17-6-9-26(10-7-17)13-16-8-11-28-15-16/h2-5,16-18,21H,6-15H2,1H3,(H,24,27)/t16-,18-,21-/m1/s1. The van der Waals surface area contributed by atoms with Crippen molar-refractivity contribution in [3.05, 3.63) is 30.1 Å². The summed E-state index contributed by atoms with van der Waals surface area (Å²) in [5, 5.41) is 2.95. The molecule has 1 aromatic rings. The predicted molar refractivity (Wildman–Crippen MR) is 108 cm³/mol. The van der Waals surface area contributed by atoms with Crippen LogP contribution in [0, 0.1) is 23.6 Å². The molecule has 0 saturated carbocycles. The molecule has 3 heterocycles. The zero-order chi connectivity index (χ0) is 19.5. The zero-order valence-corrected chi connectivity index (χ0v) is 16.8. The quantitative estimate of drug-likeness (QED) is 0.841. The summed E-state index contributed by atoms with van der Waals surface area (Å²) in [7, 11) is 2.15. The number of likely N-dealkylation sites (tertiary alicyclic amines) is 2.